The first kappa shape index (κ1) is 22.0. The third-order valence-electron chi connectivity index (χ3n) is 4.81. The summed E-state index contributed by atoms with van der Waals surface area (Å²) in [5.41, 5.74) is 0.0836. The number of nitrogens with one attached hydrogen (secondary N) is 2. The molecule has 1 amide bonds. The van der Waals surface area contributed by atoms with Crippen LogP contribution in [-0.4, -0.2) is 29.0 Å². The number of amides is 1. The summed E-state index contributed by atoms with van der Waals surface area (Å²) in [5, 5.41) is 11.8. The average molecular weight is 536 g/mol. The lowest BCUT2D eigenvalue weighted by Gasteiger charge is -2.33. The molecule has 4 rings (SSSR count). The number of carbonyl (C=O) groups excluding carboxylic acids is 1. The molecule has 164 valence electrons. The summed E-state index contributed by atoms with van der Waals surface area (Å²) in [4.78, 5) is 13.6. The molecule has 31 heavy (non-hydrogen) atoms. The maximum absolute atomic E-state index is 13.8. The van der Waals surface area contributed by atoms with Crippen molar-refractivity contribution in [1.82, 2.24) is 9.78 Å². The van der Waals surface area contributed by atoms with Gasteiger partial charge in [0.2, 0.25) is 0 Å². The fourth-order valence-corrected chi connectivity index (χ4v) is 4.89. The Hall–Kier alpha value is -2.24. The van der Waals surface area contributed by atoms with Gasteiger partial charge in [0.05, 0.1) is 23.3 Å². The van der Waals surface area contributed by atoms with Crippen LogP contribution in [0.3, 0.4) is 0 Å². The second-order valence-electron chi connectivity index (χ2n) is 6.76. The minimum absolute atomic E-state index is 0.0928. The van der Waals surface area contributed by atoms with Crippen molar-refractivity contribution in [1.29, 1.82) is 0 Å². The third kappa shape index (κ3) is 4.26. The van der Waals surface area contributed by atoms with E-state index in [-0.39, 0.29) is 28.1 Å². The van der Waals surface area contributed by atoms with Gasteiger partial charge in [0.25, 0.3) is 5.91 Å². The van der Waals surface area contributed by atoms with E-state index >= 15 is 0 Å². The van der Waals surface area contributed by atoms with E-state index in [9.17, 15) is 18.0 Å². The monoisotopic (exact) mass is 534 g/mol. The van der Waals surface area contributed by atoms with E-state index in [4.69, 9.17) is 16.3 Å². The van der Waals surface area contributed by atoms with Gasteiger partial charge in [-0.2, -0.15) is 18.3 Å². The van der Waals surface area contributed by atoms with Crippen LogP contribution in [0.4, 0.5) is 24.7 Å². The molecule has 0 bridgehead atoms. The molecule has 2 atom stereocenters. The molecule has 0 saturated carbocycles. The van der Waals surface area contributed by atoms with Gasteiger partial charge in [-0.3, -0.25) is 4.79 Å². The summed E-state index contributed by atoms with van der Waals surface area (Å²) >= 11 is 10.6. The molecule has 2 aromatic heterocycles. The molecule has 1 aliphatic heterocycles. The lowest BCUT2D eigenvalue weighted by atomic mass is 10.0. The van der Waals surface area contributed by atoms with Crippen LogP contribution in [0.15, 0.2) is 40.2 Å². The second-order valence-corrected chi connectivity index (χ2v) is 8.97. The Morgan fingerprint density at radius 3 is 2.84 bits per heavy atom. The van der Waals surface area contributed by atoms with E-state index in [1.807, 2.05) is 0 Å². The van der Waals surface area contributed by atoms with Gasteiger partial charge in [-0.25, -0.2) is 4.68 Å². The Kier molecular flexibility index (Phi) is 5.93. The van der Waals surface area contributed by atoms with Crippen LogP contribution in [0, 0.1) is 0 Å². The molecule has 0 spiro atoms. The lowest BCUT2D eigenvalue weighted by molar-refractivity contribution is -0.173. The Balaban J connectivity index is 1.71. The number of aromatic nitrogens is 2. The Morgan fingerprint density at radius 1 is 1.42 bits per heavy atom. The summed E-state index contributed by atoms with van der Waals surface area (Å²) in [6.07, 6.45) is -4.78. The number of halogens is 5. The number of anilines is 2. The van der Waals surface area contributed by atoms with Crippen LogP contribution in [0.5, 0.6) is 5.75 Å². The van der Waals surface area contributed by atoms with Crippen molar-refractivity contribution in [2.75, 3.05) is 17.7 Å². The number of alkyl halides is 3. The second kappa shape index (κ2) is 8.36. The van der Waals surface area contributed by atoms with Crippen molar-refractivity contribution in [3.05, 3.63) is 55.8 Å². The van der Waals surface area contributed by atoms with Crippen molar-refractivity contribution < 1.29 is 22.7 Å². The van der Waals surface area contributed by atoms with Crippen LogP contribution in [0.25, 0.3) is 0 Å². The van der Waals surface area contributed by atoms with Crippen molar-refractivity contribution in [2.45, 2.75) is 24.7 Å². The molecule has 12 heteroatoms. The molecule has 0 saturated heterocycles. The molecule has 0 unspecified atom stereocenters. The Bertz CT molecular complexity index is 1120. The minimum atomic E-state index is -4.54. The number of methoxy groups -OCH3 is 1. The smallest absolute Gasteiger partial charge is 0.410 e. The number of hydrogen-bond donors (Lipinski definition) is 2. The Morgan fingerprint density at radius 2 is 2.19 bits per heavy atom. The zero-order valence-corrected chi connectivity index (χ0v) is 19.0. The fraction of sp³-hybridized carbons (Fsp3) is 0.263. The van der Waals surface area contributed by atoms with Crippen LogP contribution in [-0.2, 0) is 0 Å². The van der Waals surface area contributed by atoms with Gasteiger partial charge in [0, 0.05) is 16.3 Å². The summed E-state index contributed by atoms with van der Waals surface area (Å²) in [6, 6.07) is 5.75. The van der Waals surface area contributed by atoms with Gasteiger partial charge in [-0.05, 0) is 45.6 Å². The van der Waals surface area contributed by atoms with Crippen LogP contribution < -0.4 is 15.4 Å². The molecule has 0 fully saturated rings. The van der Waals surface area contributed by atoms with E-state index in [1.165, 1.54) is 24.5 Å². The summed E-state index contributed by atoms with van der Waals surface area (Å²) in [5.74, 6) is -0.262. The van der Waals surface area contributed by atoms with Crippen molar-refractivity contribution in [3.63, 3.8) is 0 Å². The normalized spacial score (nSPS) is 18.3. The lowest BCUT2D eigenvalue weighted by Crippen LogP contribution is -2.35. The average Bonchev–Trinajstić information content (AvgIpc) is 3.35. The number of nitrogens with zero attached hydrogens (tertiary/aromatic N) is 2. The molecular formula is C19H15BrClF3N4O2S. The quantitative estimate of drug-likeness (QED) is 0.413. The first-order valence-electron chi connectivity index (χ1n) is 8.98. The number of ether oxygens (including phenoxy) is 1. The third-order valence-corrected chi connectivity index (χ3v) is 6.78. The zero-order chi connectivity index (χ0) is 22.3. The highest BCUT2D eigenvalue weighted by molar-refractivity contribution is 9.10. The highest BCUT2D eigenvalue weighted by Crippen LogP contribution is 2.47. The topological polar surface area (TPSA) is 68.2 Å². The van der Waals surface area contributed by atoms with Gasteiger partial charge in [-0.1, -0.05) is 17.7 Å². The maximum atomic E-state index is 13.8. The maximum Gasteiger partial charge on any atom is 0.410 e. The zero-order valence-electron chi connectivity index (χ0n) is 15.8. The van der Waals surface area contributed by atoms with E-state index < -0.39 is 24.2 Å². The highest BCUT2D eigenvalue weighted by Gasteiger charge is 2.48. The number of fused-ring (bicyclic) bond motifs is 1. The fourth-order valence-electron chi connectivity index (χ4n) is 3.37. The number of hydrogen-bond acceptors (Lipinski definition) is 5. The van der Waals surface area contributed by atoms with Gasteiger partial charge >= 0.3 is 6.18 Å². The van der Waals surface area contributed by atoms with E-state index in [0.717, 1.165) is 9.56 Å². The molecular weight excluding hydrogens is 521 g/mol. The van der Waals surface area contributed by atoms with Gasteiger partial charge in [-0.15, -0.1) is 11.3 Å². The minimum Gasteiger partial charge on any atom is -0.495 e. The van der Waals surface area contributed by atoms with Crippen LogP contribution in [0.2, 0.25) is 5.02 Å². The number of rotatable bonds is 4. The van der Waals surface area contributed by atoms with E-state index in [2.05, 4.69) is 31.7 Å². The van der Waals surface area contributed by atoms with Crippen molar-refractivity contribution >= 4 is 56.3 Å². The molecule has 0 aliphatic carbocycles. The van der Waals surface area contributed by atoms with Gasteiger partial charge < -0.3 is 15.4 Å². The largest absolute Gasteiger partial charge is 0.495 e. The molecule has 6 nitrogen and oxygen atoms in total. The van der Waals surface area contributed by atoms with E-state index in [1.54, 1.807) is 29.6 Å². The van der Waals surface area contributed by atoms with Crippen LogP contribution >= 0.6 is 38.9 Å². The summed E-state index contributed by atoms with van der Waals surface area (Å²) in [6.45, 7) is 0. The van der Waals surface area contributed by atoms with Gasteiger partial charge in [0.1, 0.15) is 11.6 Å². The Labute approximate surface area is 192 Å². The highest BCUT2D eigenvalue weighted by atomic mass is 79.9. The van der Waals surface area contributed by atoms with Crippen molar-refractivity contribution in [2.24, 2.45) is 0 Å². The summed E-state index contributed by atoms with van der Waals surface area (Å²) < 4.78 is 47.7. The predicted octanol–water partition coefficient (Wildman–Crippen LogP) is 6.28. The van der Waals surface area contributed by atoms with Crippen molar-refractivity contribution in [3.8, 4) is 5.75 Å². The summed E-state index contributed by atoms with van der Waals surface area (Å²) in [7, 11) is 1.42. The molecule has 1 aromatic carbocycles. The number of carbonyl (C=O) groups is 1. The molecule has 3 aromatic rings. The number of thiophene rings is 1. The van der Waals surface area contributed by atoms with E-state index in [0.29, 0.717) is 10.8 Å². The molecule has 1 aliphatic rings. The molecule has 0 radical (unpaired) electrons. The van der Waals surface area contributed by atoms with Gasteiger partial charge in [0.15, 0.2) is 11.7 Å². The first-order valence-corrected chi connectivity index (χ1v) is 11.0. The SMILES string of the molecule is COc1ccc(Cl)cc1NC(=O)c1nn2c(c1Br)N[C@H](c1cccs1)C[C@@H]2C(F)(F)F. The molecule has 2 N–H and O–H groups in total. The predicted molar refractivity (Wildman–Crippen MR) is 116 cm³/mol. The molecule has 3 heterocycles. The standard InChI is InChI=1S/C19H15BrClF3N4O2S/c1-30-12-5-4-9(21)7-10(12)26-18(29)16-15(20)17-25-11(13-3-2-6-31-13)8-14(19(22,23)24)28(17)27-16/h2-7,11,14,25H,8H2,1H3,(H,26,29)/t11-,14+/m0/s1. The first-order chi connectivity index (χ1) is 14.7. The number of benzene rings is 1. The van der Waals surface area contributed by atoms with Crippen LogP contribution in [0.1, 0.15) is 33.9 Å².